The van der Waals surface area contributed by atoms with Crippen LogP contribution in [-0.4, -0.2) is 35.4 Å². The minimum Gasteiger partial charge on any atom is -0.342 e. The van der Waals surface area contributed by atoms with Crippen molar-refractivity contribution in [1.82, 2.24) is 9.88 Å². The summed E-state index contributed by atoms with van der Waals surface area (Å²) in [6.45, 7) is 3.70. The highest BCUT2D eigenvalue weighted by atomic mass is 35.5. The molecule has 4 nitrogen and oxygen atoms in total. The van der Waals surface area contributed by atoms with Crippen LogP contribution in [0.5, 0.6) is 0 Å². The van der Waals surface area contributed by atoms with E-state index < -0.39 is 0 Å². The van der Waals surface area contributed by atoms with E-state index in [0.717, 1.165) is 35.6 Å². The highest BCUT2D eigenvalue weighted by Gasteiger charge is 2.48. The Morgan fingerprint density at radius 2 is 2.26 bits per heavy atom. The molecule has 0 unspecified atom stereocenters. The maximum Gasteiger partial charge on any atom is 0.219 e. The Balaban J connectivity index is 1.79. The van der Waals surface area contributed by atoms with Gasteiger partial charge in [0.2, 0.25) is 5.91 Å². The van der Waals surface area contributed by atoms with Gasteiger partial charge in [0.1, 0.15) is 0 Å². The molecular formula is C16H15ClFN3OS. The quantitative estimate of drug-likeness (QED) is 0.788. The smallest absolute Gasteiger partial charge is 0.219 e. The lowest BCUT2D eigenvalue weighted by atomic mass is 9.81. The van der Waals surface area contributed by atoms with Gasteiger partial charge in [-0.3, -0.25) is 4.79 Å². The third-order valence-corrected chi connectivity index (χ3v) is 5.82. The van der Waals surface area contributed by atoms with Crippen LogP contribution in [0.15, 0.2) is 24.4 Å². The summed E-state index contributed by atoms with van der Waals surface area (Å²) in [5, 5.41) is 1.02. The second kappa shape index (κ2) is 5.18. The fourth-order valence-corrected chi connectivity index (χ4v) is 4.50. The van der Waals surface area contributed by atoms with Gasteiger partial charge >= 0.3 is 0 Å². The second-order valence-corrected chi connectivity index (χ2v) is 7.56. The van der Waals surface area contributed by atoms with Crippen LogP contribution in [0.1, 0.15) is 18.9 Å². The van der Waals surface area contributed by atoms with Crippen molar-refractivity contribution in [3.63, 3.8) is 0 Å². The molecule has 0 N–H and O–H groups in total. The van der Waals surface area contributed by atoms with Crippen LogP contribution >= 0.6 is 22.9 Å². The number of carbonyl (C=O) groups excluding carboxylic acids is 1. The number of nitrogens with zero attached hydrogens (tertiary/aromatic N) is 3. The summed E-state index contributed by atoms with van der Waals surface area (Å²) in [6, 6.07) is 5.78. The zero-order chi connectivity index (χ0) is 16.2. The number of rotatable bonds is 1. The van der Waals surface area contributed by atoms with E-state index in [2.05, 4.69) is 4.98 Å². The lowest BCUT2D eigenvalue weighted by molar-refractivity contribution is -0.127. The molecule has 3 heterocycles. The third-order valence-electron chi connectivity index (χ3n) is 4.78. The van der Waals surface area contributed by atoms with Gasteiger partial charge in [-0.15, -0.1) is 0 Å². The highest BCUT2D eigenvalue weighted by molar-refractivity contribution is 7.14. The van der Waals surface area contributed by atoms with E-state index in [1.54, 1.807) is 6.92 Å². The minimum atomic E-state index is -0.298. The van der Waals surface area contributed by atoms with Crippen LogP contribution in [0.25, 0.3) is 0 Å². The van der Waals surface area contributed by atoms with Crippen molar-refractivity contribution < 1.29 is 9.18 Å². The number of anilines is 2. The van der Waals surface area contributed by atoms with Crippen molar-refractivity contribution >= 4 is 39.7 Å². The Bertz CT molecular complexity index is 795. The Labute approximate surface area is 142 Å². The molecule has 0 radical (unpaired) electrons. The number of benzene rings is 1. The van der Waals surface area contributed by atoms with E-state index in [0.29, 0.717) is 23.2 Å². The van der Waals surface area contributed by atoms with E-state index in [-0.39, 0.29) is 16.5 Å². The standard InChI is InChI=1S/C16H15ClFN3OS/c1-10(22)20-5-4-16(8-20)9-21(15-19-7-14(18)23-15)13-3-2-11(17)6-12(13)16/h2-3,6-7H,4-5,8-9H2,1H3/t16-/m1/s1. The zero-order valence-electron chi connectivity index (χ0n) is 12.6. The van der Waals surface area contributed by atoms with Gasteiger partial charge in [0.25, 0.3) is 0 Å². The predicted octanol–water partition coefficient (Wildman–Crippen LogP) is 3.58. The van der Waals surface area contributed by atoms with Crippen LogP contribution < -0.4 is 4.90 Å². The minimum absolute atomic E-state index is 0.0872. The molecule has 2 aromatic rings. The maximum atomic E-state index is 13.4. The Morgan fingerprint density at radius 3 is 2.91 bits per heavy atom. The zero-order valence-corrected chi connectivity index (χ0v) is 14.1. The first-order valence-electron chi connectivity index (χ1n) is 7.43. The molecule has 0 saturated carbocycles. The Morgan fingerprint density at radius 1 is 1.43 bits per heavy atom. The largest absolute Gasteiger partial charge is 0.342 e. The van der Waals surface area contributed by atoms with Crippen LogP contribution in [0.3, 0.4) is 0 Å². The van der Waals surface area contributed by atoms with Gasteiger partial charge in [-0.2, -0.15) is 4.39 Å². The summed E-state index contributed by atoms with van der Waals surface area (Å²) >= 11 is 7.25. The molecule has 2 aliphatic heterocycles. The maximum absolute atomic E-state index is 13.4. The Kier molecular flexibility index (Phi) is 3.35. The molecule has 1 aromatic heterocycles. The molecule has 23 heavy (non-hydrogen) atoms. The number of carbonyl (C=O) groups is 1. The molecule has 1 fully saturated rings. The lowest BCUT2D eigenvalue weighted by Gasteiger charge is -2.25. The highest BCUT2D eigenvalue weighted by Crippen LogP contribution is 2.50. The molecule has 1 amide bonds. The summed E-state index contributed by atoms with van der Waals surface area (Å²) in [5.41, 5.74) is 1.98. The third kappa shape index (κ3) is 2.32. The molecule has 1 saturated heterocycles. The van der Waals surface area contributed by atoms with Crippen LogP contribution in [-0.2, 0) is 10.2 Å². The van der Waals surface area contributed by atoms with Gasteiger partial charge in [-0.25, -0.2) is 4.98 Å². The molecule has 7 heteroatoms. The monoisotopic (exact) mass is 351 g/mol. The van der Waals surface area contributed by atoms with Crippen LogP contribution in [0, 0.1) is 5.13 Å². The molecule has 0 bridgehead atoms. The number of halogens is 2. The molecular weight excluding hydrogens is 337 g/mol. The fraction of sp³-hybridized carbons (Fsp3) is 0.375. The first-order valence-corrected chi connectivity index (χ1v) is 8.62. The van der Waals surface area contributed by atoms with Gasteiger partial charge in [0, 0.05) is 42.7 Å². The number of hydrogen-bond donors (Lipinski definition) is 0. The van der Waals surface area contributed by atoms with Crippen molar-refractivity contribution in [2.24, 2.45) is 0 Å². The van der Waals surface area contributed by atoms with Crippen molar-refractivity contribution in [3.05, 3.63) is 40.1 Å². The van der Waals surface area contributed by atoms with Gasteiger partial charge in [-0.05, 0) is 30.2 Å². The van der Waals surface area contributed by atoms with Gasteiger partial charge in [0.15, 0.2) is 10.3 Å². The van der Waals surface area contributed by atoms with E-state index in [4.69, 9.17) is 11.6 Å². The van der Waals surface area contributed by atoms with Crippen molar-refractivity contribution in [3.8, 4) is 0 Å². The second-order valence-electron chi connectivity index (χ2n) is 6.17. The number of amides is 1. The normalized spacial score (nSPS) is 22.9. The molecule has 1 spiro atoms. The topological polar surface area (TPSA) is 36.4 Å². The number of fused-ring (bicyclic) bond motifs is 2. The van der Waals surface area contributed by atoms with E-state index in [9.17, 15) is 9.18 Å². The fourth-order valence-electron chi connectivity index (χ4n) is 3.67. The van der Waals surface area contributed by atoms with Gasteiger partial charge in [0.05, 0.1) is 6.20 Å². The predicted molar refractivity (Wildman–Crippen MR) is 89.1 cm³/mol. The van der Waals surface area contributed by atoms with Gasteiger partial charge in [-0.1, -0.05) is 22.9 Å². The van der Waals surface area contributed by atoms with Crippen LogP contribution in [0.2, 0.25) is 5.02 Å². The average molecular weight is 352 g/mol. The van der Waals surface area contributed by atoms with E-state index in [1.165, 1.54) is 6.20 Å². The van der Waals surface area contributed by atoms with Crippen molar-refractivity contribution in [1.29, 1.82) is 0 Å². The number of hydrogen-bond acceptors (Lipinski definition) is 4. The summed E-state index contributed by atoms with van der Waals surface area (Å²) in [5.74, 6) is 0.0872. The van der Waals surface area contributed by atoms with Gasteiger partial charge < -0.3 is 9.80 Å². The van der Waals surface area contributed by atoms with E-state index >= 15 is 0 Å². The summed E-state index contributed by atoms with van der Waals surface area (Å²) in [4.78, 5) is 19.8. The number of likely N-dealkylation sites (tertiary alicyclic amines) is 1. The molecule has 120 valence electrons. The first kappa shape index (κ1) is 14.9. The van der Waals surface area contributed by atoms with Crippen molar-refractivity contribution in [2.45, 2.75) is 18.8 Å². The summed E-state index contributed by atoms with van der Waals surface area (Å²) in [6.07, 6.45) is 2.13. The number of aromatic nitrogens is 1. The molecule has 2 aliphatic rings. The molecule has 0 aliphatic carbocycles. The first-order chi connectivity index (χ1) is 11.0. The lowest BCUT2D eigenvalue weighted by Crippen LogP contribution is -2.36. The van der Waals surface area contributed by atoms with Crippen molar-refractivity contribution in [2.75, 3.05) is 24.5 Å². The SMILES string of the molecule is CC(=O)N1CC[C@@]2(C1)CN(c1ncc(F)s1)c1ccc(Cl)cc12. The number of thiazole rings is 1. The molecule has 4 rings (SSSR count). The summed E-state index contributed by atoms with van der Waals surface area (Å²) in [7, 11) is 0. The molecule has 1 atom stereocenters. The molecule has 1 aromatic carbocycles. The average Bonchev–Trinajstić information content (AvgIpc) is 3.19. The van der Waals surface area contributed by atoms with E-state index in [1.807, 2.05) is 28.0 Å². The van der Waals surface area contributed by atoms with Crippen LogP contribution in [0.4, 0.5) is 15.2 Å². The Hall–Kier alpha value is -1.66. The summed E-state index contributed by atoms with van der Waals surface area (Å²) < 4.78 is 13.4.